The summed E-state index contributed by atoms with van der Waals surface area (Å²) in [6.07, 6.45) is 2.17. The van der Waals surface area contributed by atoms with E-state index in [1.807, 2.05) is 24.3 Å². The third kappa shape index (κ3) is 2.79. The van der Waals surface area contributed by atoms with Crippen LogP contribution in [-0.2, 0) is 19.6 Å². The van der Waals surface area contributed by atoms with Crippen molar-refractivity contribution in [2.24, 2.45) is 5.92 Å². The van der Waals surface area contributed by atoms with Crippen LogP contribution in [0.15, 0.2) is 24.3 Å². The van der Waals surface area contributed by atoms with Crippen molar-refractivity contribution in [1.82, 2.24) is 9.55 Å². The van der Waals surface area contributed by atoms with E-state index < -0.39 is 0 Å². The Balaban J connectivity index is 1.76. The van der Waals surface area contributed by atoms with Gasteiger partial charge in [-0.3, -0.25) is 0 Å². The summed E-state index contributed by atoms with van der Waals surface area (Å²) in [5.41, 5.74) is 2.15. The quantitative estimate of drug-likeness (QED) is 0.842. The second kappa shape index (κ2) is 5.66. The van der Waals surface area contributed by atoms with Gasteiger partial charge in [0.1, 0.15) is 18.1 Å². The van der Waals surface area contributed by atoms with Crippen LogP contribution in [0, 0.1) is 5.92 Å². The molecule has 0 fully saturated rings. The van der Waals surface area contributed by atoms with Crippen molar-refractivity contribution in [3.63, 3.8) is 0 Å². The fraction of sp³-hybridized carbons (Fsp3) is 0.400. The molecule has 1 unspecified atom stereocenters. The van der Waals surface area contributed by atoms with Gasteiger partial charge in [-0.25, -0.2) is 4.98 Å². The number of halogens is 2. The zero-order valence-corrected chi connectivity index (χ0v) is 12.8. The molecule has 1 aliphatic heterocycles. The molecule has 2 heterocycles. The molecule has 3 rings (SSSR count). The van der Waals surface area contributed by atoms with Gasteiger partial charge in [0, 0.05) is 17.3 Å². The van der Waals surface area contributed by atoms with Crippen molar-refractivity contribution in [1.29, 1.82) is 0 Å². The van der Waals surface area contributed by atoms with Crippen molar-refractivity contribution in [2.75, 3.05) is 0 Å². The van der Waals surface area contributed by atoms with E-state index in [0.29, 0.717) is 22.8 Å². The van der Waals surface area contributed by atoms with Gasteiger partial charge in [-0.05, 0) is 54.6 Å². The Morgan fingerprint density at radius 3 is 2.80 bits per heavy atom. The van der Waals surface area contributed by atoms with Crippen molar-refractivity contribution < 1.29 is 4.74 Å². The zero-order chi connectivity index (χ0) is 14.1. The molecular formula is C15H16Cl2N2O. The Morgan fingerprint density at radius 1 is 1.30 bits per heavy atom. The smallest absolute Gasteiger partial charge is 0.203 e. The van der Waals surface area contributed by atoms with Gasteiger partial charge in [-0.15, -0.1) is 0 Å². The topological polar surface area (TPSA) is 27.1 Å². The second-order valence-electron chi connectivity index (χ2n) is 5.27. The highest BCUT2D eigenvalue weighted by molar-refractivity contribution is 6.30. The molecule has 0 aliphatic carbocycles. The van der Waals surface area contributed by atoms with Crippen molar-refractivity contribution >= 4 is 23.2 Å². The van der Waals surface area contributed by atoms with E-state index in [0.717, 1.165) is 30.8 Å². The molecule has 0 amide bonds. The van der Waals surface area contributed by atoms with Crippen LogP contribution in [0.1, 0.15) is 24.7 Å². The maximum atomic E-state index is 6.19. The summed E-state index contributed by atoms with van der Waals surface area (Å²) in [6.45, 7) is 3.65. The van der Waals surface area contributed by atoms with Crippen LogP contribution in [0.25, 0.3) is 0 Å². The van der Waals surface area contributed by atoms with Gasteiger partial charge in [-0.2, -0.15) is 0 Å². The summed E-state index contributed by atoms with van der Waals surface area (Å²) >= 11 is 12.0. The van der Waals surface area contributed by atoms with Gasteiger partial charge in [0.2, 0.25) is 5.28 Å². The van der Waals surface area contributed by atoms with Gasteiger partial charge in [0.05, 0.1) is 0 Å². The van der Waals surface area contributed by atoms with E-state index >= 15 is 0 Å². The molecule has 3 nitrogen and oxygen atoms in total. The number of ether oxygens (including phenoxy) is 1. The van der Waals surface area contributed by atoms with Crippen LogP contribution in [0.5, 0.6) is 5.75 Å². The fourth-order valence-electron chi connectivity index (χ4n) is 2.54. The first kappa shape index (κ1) is 13.8. The third-order valence-electron chi connectivity index (χ3n) is 3.69. The number of hydrogen-bond donors (Lipinski definition) is 0. The molecule has 1 aromatic heterocycles. The molecule has 0 bridgehead atoms. The Kier molecular flexibility index (Phi) is 3.90. The number of aromatic nitrogens is 2. The van der Waals surface area contributed by atoms with E-state index in [9.17, 15) is 0 Å². The SMILES string of the molecule is CC1CCn2c(Cl)nc(COc3ccc(Cl)cc3)c2C1. The van der Waals surface area contributed by atoms with Crippen LogP contribution in [0.4, 0.5) is 0 Å². The molecule has 1 aromatic carbocycles. The van der Waals surface area contributed by atoms with E-state index in [1.165, 1.54) is 5.69 Å². The molecule has 0 saturated heterocycles. The standard InChI is InChI=1S/C15H16Cl2N2O/c1-10-6-7-19-14(8-10)13(18-15(19)17)9-20-12-4-2-11(16)3-5-12/h2-5,10H,6-9H2,1H3. The lowest BCUT2D eigenvalue weighted by Crippen LogP contribution is -2.18. The number of nitrogens with zero attached hydrogens (tertiary/aromatic N) is 2. The number of rotatable bonds is 3. The minimum Gasteiger partial charge on any atom is -0.487 e. The zero-order valence-electron chi connectivity index (χ0n) is 11.3. The van der Waals surface area contributed by atoms with Gasteiger partial charge in [0.15, 0.2) is 0 Å². The van der Waals surface area contributed by atoms with Gasteiger partial charge in [0.25, 0.3) is 0 Å². The maximum Gasteiger partial charge on any atom is 0.203 e. The first-order chi connectivity index (χ1) is 9.63. The van der Waals surface area contributed by atoms with Gasteiger partial charge in [-0.1, -0.05) is 18.5 Å². The highest BCUT2D eigenvalue weighted by Gasteiger charge is 2.22. The summed E-state index contributed by atoms with van der Waals surface area (Å²) in [6, 6.07) is 7.34. The Morgan fingerprint density at radius 2 is 2.05 bits per heavy atom. The summed E-state index contributed by atoms with van der Waals surface area (Å²) in [7, 11) is 0. The second-order valence-corrected chi connectivity index (χ2v) is 6.04. The normalized spacial score (nSPS) is 17.9. The Bertz CT molecular complexity index is 607. The number of fused-ring (bicyclic) bond motifs is 1. The van der Waals surface area contributed by atoms with Crippen LogP contribution in [-0.4, -0.2) is 9.55 Å². The van der Waals surface area contributed by atoms with E-state index in [2.05, 4.69) is 16.5 Å². The highest BCUT2D eigenvalue weighted by Crippen LogP contribution is 2.27. The average molecular weight is 311 g/mol. The number of imidazole rings is 1. The summed E-state index contributed by atoms with van der Waals surface area (Å²) in [5, 5.41) is 1.27. The van der Waals surface area contributed by atoms with E-state index in [1.54, 1.807) is 0 Å². The van der Waals surface area contributed by atoms with Crippen molar-refractivity contribution in [2.45, 2.75) is 32.9 Å². The van der Waals surface area contributed by atoms with E-state index in [-0.39, 0.29) is 0 Å². The highest BCUT2D eigenvalue weighted by atomic mass is 35.5. The van der Waals surface area contributed by atoms with Crippen LogP contribution >= 0.6 is 23.2 Å². The molecule has 1 aliphatic rings. The molecule has 0 spiro atoms. The molecule has 0 radical (unpaired) electrons. The molecule has 5 heteroatoms. The lowest BCUT2D eigenvalue weighted by Gasteiger charge is -2.21. The van der Waals surface area contributed by atoms with E-state index in [4.69, 9.17) is 27.9 Å². The minimum absolute atomic E-state index is 0.441. The molecule has 2 aromatic rings. The average Bonchev–Trinajstić information content (AvgIpc) is 2.74. The maximum absolute atomic E-state index is 6.19. The number of benzene rings is 1. The molecule has 106 valence electrons. The first-order valence-electron chi connectivity index (χ1n) is 6.75. The summed E-state index contributed by atoms with van der Waals surface area (Å²) < 4.78 is 7.87. The monoisotopic (exact) mass is 310 g/mol. The summed E-state index contributed by atoms with van der Waals surface area (Å²) in [4.78, 5) is 4.44. The van der Waals surface area contributed by atoms with Crippen molar-refractivity contribution in [3.05, 3.63) is 46.0 Å². The minimum atomic E-state index is 0.441. The largest absolute Gasteiger partial charge is 0.487 e. The third-order valence-corrected chi connectivity index (χ3v) is 4.23. The Hall–Kier alpha value is -1.19. The summed E-state index contributed by atoms with van der Waals surface area (Å²) in [5.74, 6) is 1.46. The van der Waals surface area contributed by atoms with Crippen LogP contribution < -0.4 is 4.74 Å². The predicted molar refractivity (Wildman–Crippen MR) is 80.5 cm³/mol. The van der Waals surface area contributed by atoms with Crippen LogP contribution in [0.3, 0.4) is 0 Å². The molecule has 1 atom stereocenters. The predicted octanol–water partition coefficient (Wildman–Crippen LogP) is 4.35. The lowest BCUT2D eigenvalue weighted by molar-refractivity contribution is 0.297. The first-order valence-corrected chi connectivity index (χ1v) is 7.51. The molecular weight excluding hydrogens is 295 g/mol. The molecule has 0 N–H and O–H groups in total. The molecule has 20 heavy (non-hydrogen) atoms. The Labute approximate surface area is 128 Å². The fourth-order valence-corrected chi connectivity index (χ4v) is 2.95. The van der Waals surface area contributed by atoms with Gasteiger partial charge >= 0.3 is 0 Å². The van der Waals surface area contributed by atoms with Gasteiger partial charge < -0.3 is 9.30 Å². The number of hydrogen-bond acceptors (Lipinski definition) is 2. The van der Waals surface area contributed by atoms with Crippen molar-refractivity contribution in [3.8, 4) is 5.75 Å². The molecule has 0 saturated carbocycles. The lowest BCUT2D eigenvalue weighted by atomic mass is 9.97. The van der Waals surface area contributed by atoms with Crippen LogP contribution in [0.2, 0.25) is 10.3 Å².